The molecule has 8 heteroatoms. The Morgan fingerprint density at radius 2 is 2.00 bits per heavy atom. The lowest BCUT2D eigenvalue weighted by Crippen LogP contribution is -2.22. The van der Waals surface area contributed by atoms with Gasteiger partial charge in [0.15, 0.2) is 5.82 Å². The maximum atomic E-state index is 14.1. The maximum Gasteiger partial charge on any atom is 0.243 e. The largest absolute Gasteiger partial charge is 0.376 e. The van der Waals surface area contributed by atoms with Crippen molar-refractivity contribution in [3.8, 4) is 5.69 Å². The van der Waals surface area contributed by atoms with E-state index in [9.17, 15) is 13.6 Å². The molecule has 3 rings (SSSR count). The van der Waals surface area contributed by atoms with Gasteiger partial charge >= 0.3 is 0 Å². The fraction of sp³-hybridized carbons (Fsp3) is 0.0588. The van der Waals surface area contributed by atoms with Gasteiger partial charge in [0.2, 0.25) is 5.91 Å². The first-order valence-corrected chi connectivity index (χ1v) is 7.69. The predicted octanol–water partition coefficient (Wildman–Crippen LogP) is 3.85. The molecule has 0 atom stereocenters. The molecule has 1 amide bonds. The van der Waals surface area contributed by atoms with Gasteiger partial charge in [-0.15, -0.1) is 0 Å². The summed E-state index contributed by atoms with van der Waals surface area (Å²) in [4.78, 5) is 11.9. The highest BCUT2D eigenvalue weighted by atomic mass is 35.5. The second-order valence-electron chi connectivity index (χ2n) is 5.14. The molecule has 128 valence electrons. The third-order valence-corrected chi connectivity index (χ3v) is 3.59. The van der Waals surface area contributed by atoms with Gasteiger partial charge in [0, 0.05) is 23.1 Å². The number of hydrogen-bond donors (Lipinski definition) is 2. The molecule has 2 aromatic carbocycles. The Labute approximate surface area is 147 Å². The average Bonchev–Trinajstić information content (AvgIpc) is 3.10. The van der Waals surface area contributed by atoms with E-state index in [1.54, 1.807) is 30.6 Å². The number of anilines is 2. The SMILES string of the molecule is O=C(CNc1ccc(-n2cccn2)c(F)c1)Nc1cc(Cl)ccc1F. The van der Waals surface area contributed by atoms with E-state index < -0.39 is 17.5 Å². The van der Waals surface area contributed by atoms with E-state index in [1.165, 1.54) is 22.9 Å². The number of halogens is 3. The molecule has 0 bridgehead atoms. The van der Waals surface area contributed by atoms with E-state index >= 15 is 0 Å². The van der Waals surface area contributed by atoms with Crippen LogP contribution in [0.5, 0.6) is 0 Å². The zero-order valence-corrected chi connectivity index (χ0v) is 13.6. The van der Waals surface area contributed by atoms with E-state index in [2.05, 4.69) is 15.7 Å². The van der Waals surface area contributed by atoms with E-state index in [0.717, 1.165) is 6.07 Å². The van der Waals surface area contributed by atoms with Gasteiger partial charge in [0.25, 0.3) is 0 Å². The monoisotopic (exact) mass is 362 g/mol. The molecule has 2 N–H and O–H groups in total. The summed E-state index contributed by atoms with van der Waals surface area (Å²) in [6, 6.07) is 9.96. The summed E-state index contributed by atoms with van der Waals surface area (Å²) in [7, 11) is 0. The average molecular weight is 363 g/mol. The normalized spacial score (nSPS) is 10.5. The maximum absolute atomic E-state index is 14.1. The number of carbonyl (C=O) groups excluding carboxylic acids is 1. The molecule has 0 aliphatic heterocycles. The second kappa shape index (κ2) is 7.31. The van der Waals surface area contributed by atoms with E-state index in [-0.39, 0.29) is 12.2 Å². The van der Waals surface area contributed by atoms with Gasteiger partial charge in [-0.3, -0.25) is 4.79 Å². The predicted molar refractivity (Wildman–Crippen MR) is 92.1 cm³/mol. The summed E-state index contributed by atoms with van der Waals surface area (Å²) in [5.74, 6) is -1.57. The number of nitrogens with one attached hydrogen (secondary N) is 2. The topological polar surface area (TPSA) is 59.0 Å². The lowest BCUT2D eigenvalue weighted by atomic mass is 10.2. The van der Waals surface area contributed by atoms with Crippen molar-refractivity contribution in [1.82, 2.24) is 9.78 Å². The molecule has 0 aliphatic rings. The Balaban J connectivity index is 1.62. The highest BCUT2D eigenvalue weighted by molar-refractivity contribution is 6.30. The molecular formula is C17H13ClF2N4O. The van der Waals surface area contributed by atoms with Crippen LogP contribution in [0.4, 0.5) is 20.2 Å². The fourth-order valence-corrected chi connectivity index (χ4v) is 2.36. The zero-order valence-electron chi connectivity index (χ0n) is 12.8. The van der Waals surface area contributed by atoms with Crippen LogP contribution in [0.1, 0.15) is 0 Å². The first-order chi connectivity index (χ1) is 12.0. The lowest BCUT2D eigenvalue weighted by Gasteiger charge is -2.10. The van der Waals surface area contributed by atoms with Crippen molar-refractivity contribution in [2.75, 3.05) is 17.2 Å². The van der Waals surface area contributed by atoms with Crippen LogP contribution in [0.15, 0.2) is 54.9 Å². The first-order valence-electron chi connectivity index (χ1n) is 7.31. The summed E-state index contributed by atoms with van der Waals surface area (Å²) in [6.45, 7) is -0.160. The van der Waals surface area contributed by atoms with Crippen molar-refractivity contribution in [3.05, 3.63) is 71.5 Å². The van der Waals surface area contributed by atoms with Gasteiger partial charge in [-0.2, -0.15) is 5.10 Å². The number of benzene rings is 2. The smallest absolute Gasteiger partial charge is 0.243 e. The Morgan fingerprint density at radius 3 is 2.72 bits per heavy atom. The standard InChI is InChI=1S/C17H13ClF2N4O/c18-11-2-4-13(19)15(8-11)23-17(25)10-21-12-3-5-16(14(20)9-12)24-7-1-6-22-24/h1-9,21H,10H2,(H,23,25). The van der Waals surface area contributed by atoms with Crippen molar-refractivity contribution >= 4 is 28.9 Å². The van der Waals surface area contributed by atoms with Gasteiger partial charge in [-0.05, 0) is 42.5 Å². The molecule has 1 aromatic heterocycles. The minimum atomic E-state index is -0.590. The van der Waals surface area contributed by atoms with Crippen molar-refractivity contribution in [2.24, 2.45) is 0 Å². The molecule has 0 fully saturated rings. The van der Waals surface area contributed by atoms with Crippen LogP contribution in [-0.4, -0.2) is 22.2 Å². The molecule has 0 unspecified atom stereocenters. The van der Waals surface area contributed by atoms with Crippen molar-refractivity contribution in [2.45, 2.75) is 0 Å². The van der Waals surface area contributed by atoms with Gasteiger partial charge < -0.3 is 10.6 Å². The summed E-state index contributed by atoms with van der Waals surface area (Å²) < 4.78 is 29.1. The van der Waals surface area contributed by atoms with Crippen LogP contribution in [-0.2, 0) is 4.79 Å². The summed E-state index contributed by atoms with van der Waals surface area (Å²) in [5, 5.41) is 9.44. The second-order valence-corrected chi connectivity index (χ2v) is 5.58. The third-order valence-electron chi connectivity index (χ3n) is 3.35. The highest BCUT2D eigenvalue weighted by Gasteiger charge is 2.09. The first kappa shape index (κ1) is 16.9. The Hall–Kier alpha value is -2.93. The minimum absolute atomic E-state index is 0.0143. The highest BCUT2D eigenvalue weighted by Crippen LogP contribution is 2.20. The quantitative estimate of drug-likeness (QED) is 0.724. The number of carbonyl (C=O) groups is 1. The molecule has 3 aromatic rings. The molecule has 0 saturated heterocycles. The molecular weight excluding hydrogens is 350 g/mol. The minimum Gasteiger partial charge on any atom is -0.376 e. The Bertz CT molecular complexity index is 900. The third kappa shape index (κ3) is 4.13. The Kier molecular flexibility index (Phi) is 4.95. The van der Waals surface area contributed by atoms with Crippen LogP contribution in [0.2, 0.25) is 5.02 Å². The van der Waals surface area contributed by atoms with Gasteiger partial charge in [0.1, 0.15) is 11.5 Å². The van der Waals surface area contributed by atoms with Gasteiger partial charge in [-0.25, -0.2) is 13.5 Å². The van der Waals surface area contributed by atoms with Crippen molar-refractivity contribution in [1.29, 1.82) is 0 Å². The van der Waals surface area contributed by atoms with Crippen LogP contribution in [0, 0.1) is 11.6 Å². The van der Waals surface area contributed by atoms with E-state index in [1.807, 2.05) is 0 Å². The summed E-state index contributed by atoms with van der Waals surface area (Å²) >= 11 is 5.77. The molecule has 0 aliphatic carbocycles. The number of hydrogen-bond acceptors (Lipinski definition) is 3. The molecule has 5 nitrogen and oxygen atoms in total. The molecule has 25 heavy (non-hydrogen) atoms. The number of nitrogens with zero attached hydrogens (tertiary/aromatic N) is 2. The van der Waals surface area contributed by atoms with Crippen molar-refractivity contribution < 1.29 is 13.6 Å². The molecule has 1 heterocycles. The van der Waals surface area contributed by atoms with Crippen molar-refractivity contribution in [3.63, 3.8) is 0 Å². The molecule has 0 radical (unpaired) electrons. The zero-order chi connectivity index (χ0) is 17.8. The van der Waals surface area contributed by atoms with Crippen LogP contribution in [0.3, 0.4) is 0 Å². The Morgan fingerprint density at radius 1 is 1.16 bits per heavy atom. The van der Waals surface area contributed by atoms with Gasteiger partial charge in [-0.1, -0.05) is 11.6 Å². The van der Waals surface area contributed by atoms with E-state index in [4.69, 9.17) is 11.6 Å². The molecule has 0 spiro atoms. The number of amides is 1. The van der Waals surface area contributed by atoms with Crippen LogP contribution < -0.4 is 10.6 Å². The molecule has 0 saturated carbocycles. The number of aromatic nitrogens is 2. The lowest BCUT2D eigenvalue weighted by molar-refractivity contribution is -0.114. The number of rotatable bonds is 5. The van der Waals surface area contributed by atoms with Crippen LogP contribution >= 0.6 is 11.6 Å². The van der Waals surface area contributed by atoms with E-state index in [0.29, 0.717) is 16.4 Å². The summed E-state index contributed by atoms with van der Waals surface area (Å²) in [6.07, 6.45) is 3.17. The van der Waals surface area contributed by atoms with Crippen LogP contribution in [0.25, 0.3) is 5.69 Å². The summed E-state index contributed by atoms with van der Waals surface area (Å²) in [5.41, 5.74) is 0.690. The fourth-order valence-electron chi connectivity index (χ4n) is 2.18. The van der Waals surface area contributed by atoms with Gasteiger partial charge in [0.05, 0.1) is 12.2 Å².